The highest BCUT2D eigenvalue weighted by atomic mass is 16.7. The molecule has 0 aliphatic carbocycles. The molecule has 1 aromatic rings. The molecule has 1 atom stereocenters. The number of carbonyl (C=O) groups is 1. The molecular formula is C11H11NO3. The van der Waals surface area contributed by atoms with Crippen molar-refractivity contribution in [1.82, 2.24) is 0 Å². The number of hydrogen-bond acceptors (Lipinski definition) is 3. The molecule has 0 spiro atoms. The molecule has 0 unspecified atom stereocenters. The molecule has 0 fully saturated rings. The van der Waals surface area contributed by atoms with Crippen molar-refractivity contribution >= 4 is 11.7 Å². The second-order valence-corrected chi connectivity index (χ2v) is 3.54. The highest BCUT2D eigenvalue weighted by Crippen LogP contribution is 2.17. The number of carboxylic acid groups (broad SMARTS) is 1. The van der Waals surface area contributed by atoms with Gasteiger partial charge in [-0.15, -0.1) is 0 Å². The largest absolute Gasteiger partial charge is 0.478 e. The molecule has 0 radical (unpaired) electrons. The first-order valence-corrected chi connectivity index (χ1v) is 4.69. The van der Waals surface area contributed by atoms with Crippen LogP contribution in [-0.2, 0) is 9.63 Å². The Balaban J connectivity index is 2.17. The van der Waals surface area contributed by atoms with Crippen LogP contribution in [0.3, 0.4) is 0 Å². The van der Waals surface area contributed by atoms with Gasteiger partial charge < -0.3 is 9.94 Å². The summed E-state index contributed by atoms with van der Waals surface area (Å²) in [6.07, 6.45) is -0.501. The van der Waals surface area contributed by atoms with Gasteiger partial charge in [0.05, 0.1) is 5.71 Å². The molecule has 1 aromatic carbocycles. The number of rotatable bonds is 2. The average Bonchev–Trinajstić information content (AvgIpc) is 2.66. The zero-order valence-electron chi connectivity index (χ0n) is 8.30. The predicted molar refractivity (Wildman–Crippen MR) is 54.8 cm³/mol. The molecule has 0 amide bonds. The predicted octanol–water partition coefficient (Wildman–Crippen LogP) is 1.57. The maximum Gasteiger partial charge on any atom is 0.348 e. The number of benzene rings is 1. The summed E-state index contributed by atoms with van der Waals surface area (Å²) in [5.41, 5.74) is 2.75. The number of hydrogen-bond donors (Lipinski definition) is 1. The molecule has 2 rings (SSSR count). The van der Waals surface area contributed by atoms with E-state index in [1.54, 1.807) is 0 Å². The van der Waals surface area contributed by atoms with Gasteiger partial charge in [0.2, 0.25) is 6.10 Å². The molecule has 78 valence electrons. The van der Waals surface area contributed by atoms with E-state index in [0.29, 0.717) is 12.1 Å². The molecule has 1 aliphatic heterocycles. The van der Waals surface area contributed by atoms with Crippen molar-refractivity contribution < 1.29 is 14.7 Å². The van der Waals surface area contributed by atoms with Gasteiger partial charge in [0.1, 0.15) is 0 Å². The normalized spacial score (nSPS) is 19.5. The van der Waals surface area contributed by atoms with E-state index in [-0.39, 0.29) is 0 Å². The van der Waals surface area contributed by atoms with E-state index >= 15 is 0 Å². The van der Waals surface area contributed by atoms with Gasteiger partial charge in [-0.25, -0.2) is 4.79 Å². The Bertz CT molecular complexity index is 426. The lowest BCUT2D eigenvalue weighted by molar-refractivity contribution is -0.148. The van der Waals surface area contributed by atoms with Gasteiger partial charge in [0.25, 0.3) is 0 Å². The van der Waals surface area contributed by atoms with Crippen molar-refractivity contribution in [3.63, 3.8) is 0 Å². The smallest absolute Gasteiger partial charge is 0.348 e. The minimum Gasteiger partial charge on any atom is -0.478 e. The fraction of sp³-hybridized carbons (Fsp3) is 0.273. The summed E-state index contributed by atoms with van der Waals surface area (Å²) < 4.78 is 0. The van der Waals surface area contributed by atoms with Crippen LogP contribution < -0.4 is 0 Å². The second kappa shape index (κ2) is 3.73. The van der Waals surface area contributed by atoms with Crippen molar-refractivity contribution in [3.8, 4) is 0 Å². The van der Waals surface area contributed by atoms with E-state index in [4.69, 9.17) is 9.94 Å². The minimum atomic E-state index is -0.971. The maximum atomic E-state index is 10.6. The van der Waals surface area contributed by atoms with E-state index < -0.39 is 12.1 Å². The Labute approximate surface area is 87.2 Å². The minimum absolute atomic E-state index is 0.332. The highest BCUT2D eigenvalue weighted by Gasteiger charge is 2.28. The van der Waals surface area contributed by atoms with Crippen LogP contribution in [-0.4, -0.2) is 22.9 Å². The van der Waals surface area contributed by atoms with Gasteiger partial charge in [-0.1, -0.05) is 35.0 Å². The summed E-state index contributed by atoms with van der Waals surface area (Å²) in [6.45, 7) is 1.98. The average molecular weight is 205 g/mol. The lowest BCUT2D eigenvalue weighted by atomic mass is 10.0. The fourth-order valence-corrected chi connectivity index (χ4v) is 1.50. The fourth-order valence-electron chi connectivity index (χ4n) is 1.50. The molecule has 0 saturated carbocycles. The van der Waals surface area contributed by atoms with Gasteiger partial charge in [-0.3, -0.25) is 0 Å². The first-order chi connectivity index (χ1) is 7.16. The van der Waals surface area contributed by atoms with Crippen LogP contribution in [0.25, 0.3) is 0 Å². The van der Waals surface area contributed by atoms with E-state index in [2.05, 4.69) is 5.16 Å². The summed E-state index contributed by atoms with van der Waals surface area (Å²) in [6, 6.07) is 7.77. The first-order valence-electron chi connectivity index (χ1n) is 4.69. The number of nitrogens with zero attached hydrogens (tertiary/aromatic N) is 1. The van der Waals surface area contributed by atoms with Crippen LogP contribution in [0.2, 0.25) is 0 Å². The SMILES string of the molecule is Cc1cccc(C2=NO[C@@H](C(=O)O)C2)c1. The number of oxime groups is 1. The topological polar surface area (TPSA) is 58.9 Å². The molecule has 0 aromatic heterocycles. The first kappa shape index (κ1) is 9.71. The van der Waals surface area contributed by atoms with Crippen molar-refractivity contribution in [2.75, 3.05) is 0 Å². The van der Waals surface area contributed by atoms with Crippen LogP contribution in [0.5, 0.6) is 0 Å². The Hall–Kier alpha value is -1.84. The third kappa shape index (κ3) is 1.98. The molecular weight excluding hydrogens is 194 g/mol. The Morgan fingerprint density at radius 3 is 3.00 bits per heavy atom. The summed E-state index contributed by atoms with van der Waals surface area (Å²) in [5, 5.41) is 12.5. The molecule has 15 heavy (non-hydrogen) atoms. The zero-order valence-corrected chi connectivity index (χ0v) is 8.30. The molecule has 1 N–H and O–H groups in total. The molecule has 0 saturated heterocycles. The zero-order chi connectivity index (χ0) is 10.8. The second-order valence-electron chi connectivity index (χ2n) is 3.54. The molecule has 1 aliphatic rings. The summed E-state index contributed by atoms with van der Waals surface area (Å²) >= 11 is 0. The van der Waals surface area contributed by atoms with E-state index in [9.17, 15) is 4.79 Å². The van der Waals surface area contributed by atoms with Crippen LogP contribution >= 0.6 is 0 Å². The van der Waals surface area contributed by atoms with Gasteiger partial charge in [-0.05, 0) is 12.5 Å². The van der Waals surface area contributed by atoms with Gasteiger partial charge in [-0.2, -0.15) is 0 Å². The molecule has 0 bridgehead atoms. The van der Waals surface area contributed by atoms with Gasteiger partial charge >= 0.3 is 5.97 Å². The monoisotopic (exact) mass is 205 g/mol. The number of aryl methyl sites for hydroxylation is 1. The third-order valence-corrected chi connectivity index (χ3v) is 2.30. The number of aliphatic carboxylic acids is 1. The Morgan fingerprint density at radius 2 is 2.40 bits per heavy atom. The van der Waals surface area contributed by atoms with E-state index in [0.717, 1.165) is 11.1 Å². The summed E-state index contributed by atoms with van der Waals surface area (Å²) in [7, 11) is 0. The molecule has 4 heteroatoms. The third-order valence-electron chi connectivity index (χ3n) is 2.30. The van der Waals surface area contributed by atoms with Crippen LogP contribution in [0, 0.1) is 6.92 Å². The van der Waals surface area contributed by atoms with E-state index in [1.165, 1.54) is 0 Å². The lowest BCUT2D eigenvalue weighted by Gasteiger charge is -2.00. The maximum absolute atomic E-state index is 10.6. The van der Waals surface area contributed by atoms with Gasteiger partial charge in [0, 0.05) is 6.42 Å². The summed E-state index contributed by atoms with van der Waals surface area (Å²) in [4.78, 5) is 15.5. The lowest BCUT2D eigenvalue weighted by Crippen LogP contribution is -2.19. The Morgan fingerprint density at radius 1 is 1.60 bits per heavy atom. The summed E-state index contributed by atoms with van der Waals surface area (Å²) in [5.74, 6) is -0.971. The van der Waals surface area contributed by atoms with Crippen molar-refractivity contribution in [3.05, 3.63) is 35.4 Å². The molecule has 1 heterocycles. The number of carboxylic acids is 1. The Kier molecular flexibility index (Phi) is 2.41. The highest BCUT2D eigenvalue weighted by molar-refractivity contribution is 6.03. The van der Waals surface area contributed by atoms with Crippen molar-refractivity contribution in [1.29, 1.82) is 0 Å². The van der Waals surface area contributed by atoms with E-state index in [1.807, 2.05) is 31.2 Å². The van der Waals surface area contributed by atoms with Gasteiger partial charge in [0.15, 0.2) is 0 Å². The van der Waals surface area contributed by atoms with Crippen LogP contribution in [0.4, 0.5) is 0 Å². The molecule has 4 nitrogen and oxygen atoms in total. The van der Waals surface area contributed by atoms with Crippen molar-refractivity contribution in [2.24, 2.45) is 5.16 Å². The quantitative estimate of drug-likeness (QED) is 0.797. The van der Waals surface area contributed by atoms with Crippen LogP contribution in [0.1, 0.15) is 17.5 Å². The van der Waals surface area contributed by atoms with Crippen molar-refractivity contribution in [2.45, 2.75) is 19.4 Å². The van der Waals surface area contributed by atoms with Crippen LogP contribution in [0.15, 0.2) is 29.4 Å². The standard InChI is InChI=1S/C11H11NO3/c1-7-3-2-4-8(5-7)9-6-10(11(13)14)15-12-9/h2-5,10H,6H2,1H3,(H,13,14)/t10-/m1/s1.